The van der Waals surface area contributed by atoms with Gasteiger partial charge in [-0.05, 0) is 0 Å². The van der Waals surface area contributed by atoms with Crippen molar-refractivity contribution in [2.24, 2.45) is 0 Å². The fraction of sp³-hybridized carbons (Fsp3) is 1.00. The van der Waals surface area contributed by atoms with Crippen LogP contribution in [0.1, 0.15) is 8.80 Å². The molecule has 0 bridgehead atoms. The summed E-state index contributed by atoms with van der Waals surface area (Å²) in [6.45, 7) is 1.69. The van der Waals surface area contributed by atoms with Gasteiger partial charge in [0.1, 0.15) is 0 Å². The molecular formula is C14H31Cl7N2O4. The molecule has 0 spiro atoms. The van der Waals surface area contributed by atoms with Crippen LogP contribution in [0.4, 0.5) is 0 Å². The van der Waals surface area contributed by atoms with E-state index < -0.39 is 22.6 Å². The zero-order chi connectivity index (χ0) is 20.8. The van der Waals surface area contributed by atoms with Gasteiger partial charge in [0.15, 0.2) is 4.27 Å². The first-order valence-electron chi connectivity index (χ1n) is 7.65. The Hall–Kier alpha value is 1.79. The summed E-state index contributed by atoms with van der Waals surface area (Å²) in [5, 5.41) is 28.2. The molecule has 1 rings (SSSR count). The van der Waals surface area contributed by atoms with Gasteiger partial charge in [0.05, 0.1) is 38.3 Å². The van der Waals surface area contributed by atoms with Crippen molar-refractivity contribution < 1.29 is 21.4 Å². The van der Waals surface area contributed by atoms with Crippen LogP contribution >= 0.6 is 81.2 Å². The summed E-state index contributed by atoms with van der Waals surface area (Å²) in [6.07, 6.45) is -1.71. The Morgan fingerprint density at radius 3 is 1.26 bits per heavy atom. The molecule has 0 aromatic heterocycles. The van der Waals surface area contributed by atoms with Crippen LogP contribution in [-0.4, -0.2) is 98.7 Å². The number of rotatable bonds is 10. The Kier molecular flexibility index (Phi) is 29.8. The van der Waals surface area contributed by atoms with Gasteiger partial charge in [-0.2, -0.15) is 0 Å². The molecule has 0 aromatic carbocycles. The Bertz CT molecular complexity index is 298. The third kappa shape index (κ3) is 30.1. The van der Waals surface area contributed by atoms with Crippen LogP contribution in [0.15, 0.2) is 0 Å². The summed E-state index contributed by atoms with van der Waals surface area (Å²) in [4.78, 5) is 1.69. The number of alkyl halides is 7. The molecule has 4 atom stereocenters. The molecule has 6 N–H and O–H groups in total. The number of halogens is 7. The summed E-state index contributed by atoms with van der Waals surface area (Å²) in [7, 11) is 0. The lowest BCUT2D eigenvalue weighted by Gasteiger charge is -2.27. The number of ether oxygens (including phenoxy) is 1. The Labute approximate surface area is 198 Å². The van der Waals surface area contributed by atoms with Crippen molar-refractivity contribution in [3.05, 3.63) is 0 Å². The number of aliphatic hydroxyl groups excluding tert-OH is 3. The summed E-state index contributed by atoms with van der Waals surface area (Å²) < 4.78 is 9.13. The van der Waals surface area contributed by atoms with Crippen LogP contribution in [0.25, 0.3) is 0 Å². The van der Waals surface area contributed by atoms with Gasteiger partial charge in [-0.15, -0.1) is 46.4 Å². The van der Waals surface area contributed by atoms with Crippen LogP contribution in [-0.2, 0) is 4.74 Å². The summed E-state index contributed by atoms with van der Waals surface area (Å²) in [5.74, 6) is 0.972. The molecule has 4 unspecified atom stereocenters. The highest BCUT2D eigenvalue weighted by atomic mass is 35.6. The van der Waals surface area contributed by atoms with Gasteiger partial charge in [-0.1, -0.05) is 42.2 Å². The van der Waals surface area contributed by atoms with E-state index in [9.17, 15) is 15.3 Å². The number of epoxide rings is 1. The van der Waals surface area contributed by atoms with Gasteiger partial charge in [0, 0.05) is 37.3 Å². The Balaban J connectivity index is -0.000000197. The second-order valence-corrected chi connectivity index (χ2v) is 7.92. The highest BCUT2D eigenvalue weighted by Gasteiger charge is 2.19. The lowest BCUT2D eigenvalue weighted by molar-refractivity contribution is 0.0556. The number of hydrogen-bond acceptors (Lipinski definition) is 6. The van der Waals surface area contributed by atoms with Crippen molar-refractivity contribution in [1.82, 2.24) is 11.1 Å². The topological polar surface area (TPSA) is 111 Å². The first-order valence-corrected chi connectivity index (χ1v) is 10.4. The first-order chi connectivity index (χ1) is 12.0. The molecule has 0 aliphatic carbocycles. The van der Waals surface area contributed by atoms with E-state index in [0.717, 1.165) is 6.61 Å². The van der Waals surface area contributed by atoms with E-state index in [1.807, 2.05) is 0 Å². The van der Waals surface area contributed by atoms with E-state index >= 15 is 0 Å². The van der Waals surface area contributed by atoms with Gasteiger partial charge >= 0.3 is 0 Å². The third-order valence-electron chi connectivity index (χ3n) is 2.52. The minimum absolute atomic E-state index is 0. The van der Waals surface area contributed by atoms with Gasteiger partial charge < -0.3 is 26.2 Å². The highest BCUT2D eigenvalue weighted by Crippen LogP contribution is 2.08. The predicted octanol–water partition coefficient (Wildman–Crippen LogP) is 3.50. The van der Waals surface area contributed by atoms with E-state index in [0.29, 0.717) is 12.0 Å². The van der Waals surface area contributed by atoms with E-state index in [-0.39, 0.29) is 50.9 Å². The lowest BCUT2D eigenvalue weighted by Crippen LogP contribution is -2.43. The van der Waals surface area contributed by atoms with Crippen molar-refractivity contribution in [3.63, 3.8) is 0 Å². The van der Waals surface area contributed by atoms with E-state index in [4.69, 9.17) is 87.3 Å². The van der Waals surface area contributed by atoms with Crippen LogP contribution < -0.4 is 6.15 Å². The fourth-order valence-corrected chi connectivity index (χ4v) is 1.89. The minimum Gasteiger partial charge on any atom is -0.391 e. The average molecular weight is 542 g/mol. The fourth-order valence-electron chi connectivity index (χ4n) is 1.42. The van der Waals surface area contributed by atoms with E-state index in [1.165, 1.54) is 0 Å². The summed E-state index contributed by atoms with van der Waals surface area (Å²) >= 11 is 35.9. The summed E-state index contributed by atoms with van der Waals surface area (Å²) in [5.41, 5.74) is 0. The maximum absolute atomic E-state index is 9.40. The highest BCUT2D eigenvalue weighted by molar-refractivity contribution is 6.63. The molecule has 0 radical (unpaired) electrons. The maximum atomic E-state index is 9.40. The Morgan fingerprint density at radius 1 is 0.889 bits per heavy atom. The SMILES string of the molecule is C.ClCC1CO1.N.OC(CCl)CN(CC(O)CCl)CC(O)CCl.[3H]C(Cl)(Cl)Cl. The monoisotopic (exact) mass is 538 g/mol. The van der Waals surface area contributed by atoms with E-state index in [1.54, 1.807) is 4.90 Å². The van der Waals surface area contributed by atoms with E-state index in [2.05, 4.69) is 0 Å². The average Bonchev–Trinajstić information content (AvgIpc) is 3.37. The minimum atomic E-state index is -1.83. The predicted molar refractivity (Wildman–Crippen MR) is 120 cm³/mol. The molecule has 1 aliphatic heterocycles. The van der Waals surface area contributed by atoms with Crippen molar-refractivity contribution in [3.8, 4) is 0 Å². The molecule has 0 aromatic rings. The summed E-state index contributed by atoms with van der Waals surface area (Å²) in [6, 6.07) is 0. The zero-order valence-electron chi connectivity index (χ0n) is 15.0. The second kappa shape index (κ2) is 24.1. The molecule has 1 aliphatic rings. The standard InChI is InChI=1S/C9H18Cl3NO3.C3H5ClO.CHCl3.CH4.H3N/c10-1-7(14)4-13(5-8(15)2-11)6-9(16)3-12;4-1-3-2-5-3;2-1(3)4;;/h7-9,14-16H,1-6H2;3H,1-2H2;1H;1H4;1H3/i;;1T;;. The maximum Gasteiger partial charge on any atom is 0.180 e. The second-order valence-electron chi connectivity index (χ2n) is 4.97. The Morgan fingerprint density at radius 2 is 1.15 bits per heavy atom. The lowest BCUT2D eigenvalue weighted by atomic mass is 10.2. The molecule has 0 amide bonds. The molecular weight excluding hydrogens is 508 g/mol. The van der Waals surface area contributed by atoms with Gasteiger partial charge in [0.25, 0.3) is 0 Å². The molecule has 6 nitrogen and oxygen atoms in total. The van der Waals surface area contributed by atoms with Gasteiger partial charge in [0.2, 0.25) is 0 Å². The van der Waals surface area contributed by atoms with Gasteiger partial charge in [-0.25, -0.2) is 0 Å². The number of aliphatic hydroxyl groups is 3. The van der Waals surface area contributed by atoms with Crippen LogP contribution in [0.2, 0.25) is 0 Å². The number of hydrogen-bond donors (Lipinski definition) is 4. The quantitative estimate of drug-likeness (QED) is 0.249. The van der Waals surface area contributed by atoms with Crippen LogP contribution in [0.3, 0.4) is 0 Å². The molecule has 170 valence electrons. The van der Waals surface area contributed by atoms with Crippen LogP contribution in [0, 0.1) is 0 Å². The molecule has 1 heterocycles. The van der Waals surface area contributed by atoms with Crippen molar-refractivity contribution in [1.29, 1.82) is 0 Å². The third-order valence-corrected chi connectivity index (χ3v) is 3.93. The normalized spacial score (nSPS) is 18.9. The largest absolute Gasteiger partial charge is 0.391 e. The van der Waals surface area contributed by atoms with Crippen molar-refractivity contribution >= 4 is 81.2 Å². The molecule has 27 heavy (non-hydrogen) atoms. The molecule has 0 saturated carbocycles. The molecule has 1 fully saturated rings. The molecule has 13 heteroatoms. The first kappa shape index (κ1) is 33.4. The van der Waals surface area contributed by atoms with Crippen LogP contribution in [0.5, 0.6) is 0 Å². The smallest absolute Gasteiger partial charge is 0.180 e. The number of nitrogens with zero attached hydrogens (tertiary/aromatic N) is 1. The van der Waals surface area contributed by atoms with Gasteiger partial charge in [-0.3, -0.25) is 4.90 Å². The van der Waals surface area contributed by atoms with Crippen molar-refractivity contribution in [2.45, 2.75) is 36.1 Å². The zero-order valence-corrected chi connectivity index (χ0v) is 19.3. The molecule has 1 saturated heterocycles. The van der Waals surface area contributed by atoms with Crippen molar-refractivity contribution in [2.75, 3.05) is 49.8 Å².